The van der Waals surface area contributed by atoms with Crippen molar-refractivity contribution in [2.45, 2.75) is 32.7 Å². The van der Waals surface area contributed by atoms with E-state index in [0.29, 0.717) is 0 Å². The van der Waals surface area contributed by atoms with Gasteiger partial charge < -0.3 is 15.2 Å². The largest absolute Gasteiger partial charge is 0.326 e. The summed E-state index contributed by atoms with van der Waals surface area (Å²) in [4.78, 5) is 22.8. The summed E-state index contributed by atoms with van der Waals surface area (Å²) >= 11 is 0. The lowest BCUT2D eigenvalue weighted by Gasteiger charge is -2.32. The second-order valence-electron chi connectivity index (χ2n) is 8.60. The number of piperidine rings is 1. The van der Waals surface area contributed by atoms with Gasteiger partial charge in [0.2, 0.25) is 0 Å². The lowest BCUT2D eigenvalue weighted by atomic mass is 9.99. The van der Waals surface area contributed by atoms with Gasteiger partial charge in [-0.25, -0.2) is 14.3 Å². The second kappa shape index (κ2) is 7.94. The first-order valence-electron chi connectivity index (χ1n) is 11.0. The number of hydrogen-bond donors (Lipinski definition) is 2. The number of likely N-dealkylation sites (tertiary alicyclic amines) is 1. The molecule has 0 atom stereocenters. The Balaban J connectivity index is 1.50. The Labute approximate surface area is 180 Å². The van der Waals surface area contributed by atoms with Gasteiger partial charge in [0.05, 0.1) is 11.0 Å². The summed E-state index contributed by atoms with van der Waals surface area (Å²) in [5, 5.41) is 7.51. The van der Waals surface area contributed by atoms with Gasteiger partial charge in [0.15, 0.2) is 5.65 Å². The molecule has 31 heavy (non-hydrogen) atoms. The number of H-pyrrole nitrogens is 1. The zero-order chi connectivity index (χ0) is 21.5. The predicted molar refractivity (Wildman–Crippen MR) is 123 cm³/mol. The van der Waals surface area contributed by atoms with Crippen molar-refractivity contribution < 1.29 is 0 Å². The molecule has 1 saturated heterocycles. The highest BCUT2D eigenvalue weighted by Gasteiger charge is 2.24. The molecule has 1 aliphatic heterocycles. The number of aromatic nitrogens is 5. The number of nitrogens with one attached hydrogen (secondary N) is 2. The molecule has 0 amide bonds. The van der Waals surface area contributed by atoms with Crippen LogP contribution >= 0.6 is 0 Å². The second-order valence-corrected chi connectivity index (χ2v) is 8.60. The van der Waals surface area contributed by atoms with Crippen molar-refractivity contribution >= 4 is 16.7 Å². The van der Waals surface area contributed by atoms with E-state index in [-0.39, 0.29) is 11.7 Å². The molecular weight excluding hydrogens is 390 g/mol. The van der Waals surface area contributed by atoms with Crippen molar-refractivity contribution in [2.24, 2.45) is 0 Å². The van der Waals surface area contributed by atoms with Gasteiger partial charge in [-0.15, -0.1) is 0 Å². The van der Waals surface area contributed by atoms with E-state index in [2.05, 4.69) is 50.4 Å². The summed E-state index contributed by atoms with van der Waals surface area (Å²) in [6, 6.07) is 6.62. The van der Waals surface area contributed by atoms with E-state index in [1.165, 1.54) is 0 Å². The Morgan fingerprint density at radius 1 is 1.16 bits per heavy atom. The summed E-state index contributed by atoms with van der Waals surface area (Å²) in [7, 11) is 1.99. The highest BCUT2D eigenvalue weighted by molar-refractivity contribution is 5.84. The third kappa shape index (κ3) is 3.55. The van der Waals surface area contributed by atoms with Crippen molar-refractivity contribution in [2.75, 3.05) is 33.2 Å². The van der Waals surface area contributed by atoms with Crippen LogP contribution in [0.15, 0.2) is 35.5 Å². The van der Waals surface area contributed by atoms with Gasteiger partial charge in [-0.05, 0) is 68.6 Å². The quantitative estimate of drug-likeness (QED) is 0.519. The van der Waals surface area contributed by atoms with Gasteiger partial charge >= 0.3 is 5.69 Å². The van der Waals surface area contributed by atoms with Crippen LogP contribution < -0.4 is 11.0 Å². The van der Waals surface area contributed by atoms with Crippen LogP contribution in [0.5, 0.6) is 0 Å². The van der Waals surface area contributed by atoms with Crippen molar-refractivity contribution in [1.82, 2.24) is 34.4 Å². The van der Waals surface area contributed by atoms with E-state index in [1.54, 1.807) is 6.33 Å². The van der Waals surface area contributed by atoms with Gasteiger partial charge in [0.25, 0.3) is 0 Å². The Morgan fingerprint density at radius 2 is 1.97 bits per heavy atom. The SMILES string of the molecule is CNCCN1CCC(n2c(=O)[nH]c3cc(-c4cc(C)c5ncnn5c4)c(C)cc32)CC1. The van der Waals surface area contributed by atoms with Crippen molar-refractivity contribution in [3.05, 3.63) is 52.3 Å². The maximum absolute atomic E-state index is 12.9. The van der Waals surface area contributed by atoms with E-state index < -0.39 is 0 Å². The van der Waals surface area contributed by atoms with E-state index >= 15 is 0 Å². The van der Waals surface area contributed by atoms with Gasteiger partial charge in [-0.2, -0.15) is 5.10 Å². The molecule has 8 heteroatoms. The minimum Gasteiger partial charge on any atom is -0.318 e. The Morgan fingerprint density at radius 3 is 2.74 bits per heavy atom. The molecule has 8 nitrogen and oxygen atoms in total. The molecule has 0 bridgehead atoms. The number of rotatable bonds is 5. The van der Waals surface area contributed by atoms with Crippen LogP contribution in [0.4, 0.5) is 0 Å². The zero-order valence-corrected chi connectivity index (χ0v) is 18.4. The molecule has 1 aromatic carbocycles. The number of fused-ring (bicyclic) bond motifs is 2. The van der Waals surface area contributed by atoms with E-state index in [1.807, 2.05) is 29.3 Å². The summed E-state index contributed by atoms with van der Waals surface area (Å²) < 4.78 is 3.79. The summed E-state index contributed by atoms with van der Waals surface area (Å²) in [6.07, 6.45) is 5.57. The maximum atomic E-state index is 12.9. The Kier molecular flexibility index (Phi) is 5.11. The lowest BCUT2D eigenvalue weighted by molar-refractivity contribution is 0.188. The molecule has 1 fully saturated rings. The molecule has 4 heterocycles. The Bertz CT molecular complexity index is 1290. The van der Waals surface area contributed by atoms with Gasteiger partial charge in [-0.3, -0.25) is 4.57 Å². The topological polar surface area (TPSA) is 83.2 Å². The fourth-order valence-corrected chi connectivity index (χ4v) is 4.86. The number of nitrogens with zero attached hydrogens (tertiary/aromatic N) is 5. The van der Waals surface area contributed by atoms with Crippen LogP contribution in [0.3, 0.4) is 0 Å². The highest BCUT2D eigenvalue weighted by Crippen LogP contribution is 2.31. The summed E-state index contributed by atoms with van der Waals surface area (Å²) in [6.45, 7) is 8.27. The number of likely N-dealkylation sites (N-methyl/N-ethyl adjacent to an activating group) is 1. The van der Waals surface area contributed by atoms with E-state index in [4.69, 9.17) is 0 Å². The van der Waals surface area contributed by atoms with Crippen molar-refractivity contribution in [3.63, 3.8) is 0 Å². The average molecular weight is 420 g/mol. The number of benzene rings is 1. The monoisotopic (exact) mass is 419 g/mol. The average Bonchev–Trinajstić information content (AvgIpc) is 3.36. The maximum Gasteiger partial charge on any atom is 0.326 e. The molecule has 0 unspecified atom stereocenters. The van der Waals surface area contributed by atoms with Crippen LogP contribution in [-0.2, 0) is 0 Å². The normalized spacial score (nSPS) is 16.0. The zero-order valence-electron chi connectivity index (χ0n) is 18.4. The Hall–Kier alpha value is -2.97. The first-order chi connectivity index (χ1) is 15.0. The smallest absolute Gasteiger partial charge is 0.318 e. The van der Waals surface area contributed by atoms with Crippen LogP contribution in [0, 0.1) is 13.8 Å². The fourth-order valence-electron chi connectivity index (χ4n) is 4.86. The predicted octanol–water partition coefficient (Wildman–Crippen LogP) is 2.51. The number of imidazole rings is 1. The number of hydrogen-bond acceptors (Lipinski definition) is 5. The number of aryl methyl sites for hydroxylation is 2. The summed E-state index contributed by atoms with van der Waals surface area (Å²) in [5.74, 6) is 0. The molecular formula is C23H29N7O. The number of aromatic amines is 1. The van der Waals surface area contributed by atoms with E-state index in [9.17, 15) is 4.79 Å². The van der Waals surface area contributed by atoms with Crippen molar-refractivity contribution in [3.8, 4) is 11.1 Å². The van der Waals surface area contributed by atoms with Crippen LogP contribution in [0.2, 0.25) is 0 Å². The molecule has 162 valence electrons. The van der Waals surface area contributed by atoms with Gasteiger partial charge in [0, 0.05) is 44.0 Å². The molecule has 4 aromatic rings. The fraction of sp³-hybridized carbons (Fsp3) is 0.435. The van der Waals surface area contributed by atoms with Crippen LogP contribution in [0.25, 0.3) is 27.8 Å². The molecule has 1 aliphatic rings. The van der Waals surface area contributed by atoms with Crippen LogP contribution in [-0.4, -0.2) is 62.3 Å². The molecule has 0 saturated carbocycles. The minimum absolute atomic E-state index is 0.0110. The number of pyridine rings is 1. The third-order valence-electron chi connectivity index (χ3n) is 6.53. The molecule has 0 aliphatic carbocycles. The van der Waals surface area contributed by atoms with Gasteiger partial charge in [0.1, 0.15) is 6.33 Å². The first-order valence-corrected chi connectivity index (χ1v) is 11.0. The first kappa shape index (κ1) is 20.0. The molecule has 5 rings (SSSR count). The van der Waals surface area contributed by atoms with Gasteiger partial charge in [-0.1, -0.05) is 0 Å². The standard InChI is InChI=1S/C23H29N7O/c1-15-11-21-20(12-19(15)17-10-16(2)22-25-14-26-29(22)13-17)27-23(31)30(21)18-4-7-28(8-5-18)9-6-24-3/h10-14,18,24H,4-9H2,1-3H3,(H,27,31). The van der Waals surface area contributed by atoms with Crippen molar-refractivity contribution in [1.29, 1.82) is 0 Å². The third-order valence-corrected chi connectivity index (χ3v) is 6.53. The lowest BCUT2D eigenvalue weighted by Crippen LogP contribution is -2.39. The molecule has 2 N–H and O–H groups in total. The highest BCUT2D eigenvalue weighted by atomic mass is 16.1. The van der Waals surface area contributed by atoms with Crippen LogP contribution in [0.1, 0.15) is 30.0 Å². The summed E-state index contributed by atoms with van der Waals surface area (Å²) in [5.41, 5.74) is 7.13. The molecule has 3 aromatic heterocycles. The molecule has 0 spiro atoms. The minimum atomic E-state index is -0.0110. The molecule has 0 radical (unpaired) electrons. The van der Waals surface area contributed by atoms with E-state index in [0.717, 1.165) is 78.0 Å².